The van der Waals surface area contributed by atoms with Gasteiger partial charge in [-0.2, -0.15) is 4.98 Å². The largest absolute Gasteiger partial charge is 0.492 e. The third-order valence-corrected chi connectivity index (χ3v) is 4.82. The molecule has 0 N–H and O–H groups in total. The number of para-hydroxylation sites is 1. The van der Waals surface area contributed by atoms with Crippen molar-refractivity contribution in [3.63, 3.8) is 0 Å². The number of fused-ring (bicyclic) bond motifs is 1. The molecule has 2 aliphatic heterocycles. The average molecular weight is 342 g/mol. The molecule has 0 bridgehead atoms. The molecule has 1 fully saturated rings. The molecule has 7 nitrogen and oxygen atoms in total. The van der Waals surface area contributed by atoms with Gasteiger partial charge in [-0.3, -0.25) is 9.69 Å². The Morgan fingerprint density at radius 3 is 3.04 bits per heavy atom. The van der Waals surface area contributed by atoms with Crippen molar-refractivity contribution >= 4 is 5.91 Å². The molecule has 2 aliphatic rings. The first-order valence-electron chi connectivity index (χ1n) is 8.70. The van der Waals surface area contributed by atoms with Crippen molar-refractivity contribution in [1.82, 2.24) is 19.9 Å². The molecule has 7 heteroatoms. The molecular weight excluding hydrogens is 320 g/mol. The van der Waals surface area contributed by atoms with Crippen molar-refractivity contribution in [3.8, 4) is 5.75 Å². The maximum atomic E-state index is 12.7. The van der Waals surface area contributed by atoms with Crippen LogP contribution in [-0.4, -0.2) is 58.6 Å². The van der Waals surface area contributed by atoms with Gasteiger partial charge < -0.3 is 14.2 Å². The first-order valence-corrected chi connectivity index (χ1v) is 8.70. The lowest BCUT2D eigenvalue weighted by Gasteiger charge is -2.23. The molecule has 0 aliphatic carbocycles. The van der Waals surface area contributed by atoms with Gasteiger partial charge in [0.15, 0.2) is 5.82 Å². The van der Waals surface area contributed by atoms with Gasteiger partial charge in [0.05, 0.1) is 12.5 Å². The summed E-state index contributed by atoms with van der Waals surface area (Å²) in [6.07, 6.45) is 0.874. The van der Waals surface area contributed by atoms with E-state index in [0.29, 0.717) is 31.4 Å². The van der Waals surface area contributed by atoms with E-state index in [1.807, 2.05) is 30.0 Å². The fourth-order valence-electron chi connectivity index (χ4n) is 3.47. The summed E-state index contributed by atoms with van der Waals surface area (Å²) in [5.41, 5.74) is 1.13. The second-order valence-corrected chi connectivity index (χ2v) is 6.67. The van der Waals surface area contributed by atoms with Crippen molar-refractivity contribution in [1.29, 1.82) is 0 Å². The van der Waals surface area contributed by atoms with Gasteiger partial charge in [0.1, 0.15) is 12.4 Å². The van der Waals surface area contributed by atoms with Crippen molar-refractivity contribution in [2.24, 2.45) is 0 Å². The molecule has 0 spiro atoms. The third kappa shape index (κ3) is 3.51. The van der Waals surface area contributed by atoms with E-state index in [1.165, 1.54) is 0 Å². The Bertz CT molecular complexity index is 760. The van der Waals surface area contributed by atoms with E-state index in [0.717, 1.165) is 37.4 Å². The van der Waals surface area contributed by atoms with Gasteiger partial charge in [0.25, 0.3) is 0 Å². The van der Waals surface area contributed by atoms with Crippen LogP contribution in [0.3, 0.4) is 0 Å². The minimum Gasteiger partial charge on any atom is -0.492 e. The molecule has 25 heavy (non-hydrogen) atoms. The molecule has 4 rings (SSSR count). The maximum absolute atomic E-state index is 12.7. The van der Waals surface area contributed by atoms with E-state index < -0.39 is 0 Å². The molecule has 132 valence electrons. The molecule has 1 aromatic carbocycles. The van der Waals surface area contributed by atoms with Crippen LogP contribution in [0.5, 0.6) is 5.75 Å². The van der Waals surface area contributed by atoms with Crippen LogP contribution in [0.15, 0.2) is 28.8 Å². The van der Waals surface area contributed by atoms with Gasteiger partial charge in [-0.05, 0) is 19.4 Å². The normalized spacial score (nSPS) is 20.8. The number of hydrogen-bond acceptors (Lipinski definition) is 6. The molecule has 2 aromatic rings. The van der Waals surface area contributed by atoms with E-state index in [2.05, 4.69) is 21.1 Å². The lowest BCUT2D eigenvalue weighted by molar-refractivity contribution is -0.131. The zero-order valence-electron chi connectivity index (χ0n) is 14.4. The van der Waals surface area contributed by atoms with E-state index in [-0.39, 0.29) is 11.8 Å². The van der Waals surface area contributed by atoms with Crippen molar-refractivity contribution < 1.29 is 14.1 Å². The number of aryl methyl sites for hydroxylation is 1. The van der Waals surface area contributed by atoms with Crippen molar-refractivity contribution in [2.45, 2.75) is 25.8 Å². The maximum Gasteiger partial charge on any atom is 0.236 e. The van der Waals surface area contributed by atoms with Crippen LogP contribution in [0.1, 0.15) is 29.6 Å². The average Bonchev–Trinajstić information content (AvgIpc) is 3.20. The highest BCUT2D eigenvalue weighted by Crippen LogP contribution is 2.26. The van der Waals surface area contributed by atoms with Gasteiger partial charge in [-0.1, -0.05) is 23.4 Å². The van der Waals surface area contributed by atoms with Gasteiger partial charge in [0.2, 0.25) is 11.8 Å². The Labute approximate surface area is 146 Å². The minimum atomic E-state index is 0.151. The number of aromatic nitrogens is 2. The summed E-state index contributed by atoms with van der Waals surface area (Å²) in [5.74, 6) is 2.51. The minimum absolute atomic E-state index is 0.151. The number of likely N-dealkylation sites (tertiary alicyclic amines) is 1. The molecule has 1 aromatic heterocycles. The summed E-state index contributed by atoms with van der Waals surface area (Å²) in [7, 11) is 0. The van der Waals surface area contributed by atoms with E-state index in [1.54, 1.807) is 0 Å². The van der Waals surface area contributed by atoms with Gasteiger partial charge >= 0.3 is 0 Å². The predicted molar refractivity (Wildman–Crippen MR) is 90.2 cm³/mol. The highest BCUT2D eigenvalue weighted by molar-refractivity contribution is 5.78. The van der Waals surface area contributed by atoms with Crippen LogP contribution in [0.4, 0.5) is 0 Å². The monoisotopic (exact) mass is 342 g/mol. The first kappa shape index (κ1) is 16.1. The highest BCUT2D eigenvalue weighted by Gasteiger charge is 2.31. The van der Waals surface area contributed by atoms with Crippen molar-refractivity contribution in [3.05, 3.63) is 41.5 Å². The molecule has 0 saturated carbocycles. The standard InChI is InChI=1S/C18H22N4O3/c1-13-19-18(25-20-13)15-6-7-22(11-15)17(23)12-21-8-9-24-16-5-3-2-4-14(16)10-21/h2-5,15H,6-12H2,1H3/t15-/m0/s1. The van der Waals surface area contributed by atoms with Crippen LogP contribution >= 0.6 is 0 Å². The lowest BCUT2D eigenvalue weighted by Crippen LogP contribution is -2.39. The van der Waals surface area contributed by atoms with Gasteiger partial charge in [0, 0.05) is 31.7 Å². The summed E-state index contributed by atoms with van der Waals surface area (Å²) in [6.45, 7) is 5.71. The molecule has 1 atom stereocenters. The van der Waals surface area contributed by atoms with E-state index >= 15 is 0 Å². The zero-order valence-corrected chi connectivity index (χ0v) is 14.4. The molecule has 1 saturated heterocycles. The number of carbonyl (C=O) groups is 1. The Kier molecular flexibility index (Phi) is 4.40. The Morgan fingerprint density at radius 2 is 2.20 bits per heavy atom. The molecule has 1 amide bonds. The molecule has 0 unspecified atom stereocenters. The Balaban J connectivity index is 1.36. The van der Waals surface area contributed by atoms with E-state index in [9.17, 15) is 4.79 Å². The highest BCUT2D eigenvalue weighted by atomic mass is 16.5. The molecular formula is C18H22N4O3. The molecule has 3 heterocycles. The smallest absolute Gasteiger partial charge is 0.236 e. The number of amides is 1. The van der Waals surface area contributed by atoms with Crippen LogP contribution < -0.4 is 4.74 Å². The fraction of sp³-hybridized carbons (Fsp3) is 0.500. The first-order chi connectivity index (χ1) is 12.2. The van der Waals surface area contributed by atoms with E-state index in [4.69, 9.17) is 9.26 Å². The second-order valence-electron chi connectivity index (χ2n) is 6.67. The lowest BCUT2D eigenvalue weighted by atomic mass is 10.1. The van der Waals surface area contributed by atoms with Crippen LogP contribution in [0.2, 0.25) is 0 Å². The summed E-state index contributed by atoms with van der Waals surface area (Å²) in [4.78, 5) is 21.0. The Hall–Kier alpha value is -2.41. The fourth-order valence-corrected chi connectivity index (χ4v) is 3.47. The van der Waals surface area contributed by atoms with Gasteiger partial charge in [-0.15, -0.1) is 0 Å². The summed E-state index contributed by atoms with van der Waals surface area (Å²) >= 11 is 0. The number of nitrogens with zero attached hydrogens (tertiary/aromatic N) is 4. The quantitative estimate of drug-likeness (QED) is 0.843. The number of rotatable bonds is 3. The summed E-state index contributed by atoms with van der Waals surface area (Å²) in [5, 5.41) is 3.84. The number of hydrogen-bond donors (Lipinski definition) is 0. The topological polar surface area (TPSA) is 71.7 Å². The van der Waals surface area contributed by atoms with Crippen LogP contribution in [-0.2, 0) is 11.3 Å². The van der Waals surface area contributed by atoms with Crippen LogP contribution in [0, 0.1) is 6.92 Å². The van der Waals surface area contributed by atoms with Gasteiger partial charge in [-0.25, -0.2) is 0 Å². The molecule has 0 radical (unpaired) electrons. The summed E-state index contributed by atoms with van der Waals surface area (Å²) < 4.78 is 11.0. The number of benzene rings is 1. The Morgan fingerprint density at radius 1 is 1.32 bits per heavy atom. The predicted octanol–water partition coefficient (Wildman–Crippen LogP) is 1.59. The number of ether oxygens (including phenoxy) is 1. The van der Waals surface area contributed by atoms with Crippen molar-refractivity contribution in [2.75, 3.05) is 32.8 Å². The zero-order chi connectivity index (χ0) is 17.2. The van der Waals surface area contributed by atoms with Crippen LogP contribution in [0.25, 0.3) is 0 Å². The third-order valence-electron chi connectivity index (χ3n) is 4.82. The second kappa shape index (κ2) is 6.84. The number of carbonyl (C=O) groups excluding carboxylic acids is 1. The summed E-state index contributed by atoms with van der Waals surface area (Å²) in [6, 6.07) is 8.02. The SMILES string of the molecule is Cc1noc([C@H]2CCN(C(=O)CN3CCOc4ccccc4C3)C2)n1.